The highest BCUT2D eigenvalue weighted by molar-refractivity contribution is 14.1. The van der Waals surface area contributed by atoms with Gasteiger partial charge in [0.2, 0.25) is 0 Å². The summed E-state index contributed by atoms with van der Waals surface area (Å²) in [6, 6.07) is 13.1. The molecule has 4 nitrogen and oxygen atoms in total. The molecule has 19 heavy (non-hydrogen) atoms. The molecule has 0 heterocycles. The minimum absolute atomic E-state index is 0.359. The molecule has 2 aromatic carbocycles. The number of ether oxygens (including phenoxy) is 1. The number of rotatable bonds is 3. The average Bonchev–Trinajstić information content (AvgIpc) is 2.40. The topological polar surface area (TPSA) is 64.3 Å². The van der Waals surface area contributed by atoms with Gasteiger partial charge in [-0.2, -0.15) is 0 Å². The Morgan fingerprint density at radius 2 is 2.00 bits per heavy atom. The van der Waals surface area contributed by atoms with Gasteiger partial charge in [0, 0.05) is 9.26 Å². The first-order valence-electron chi connectivity index (χ1n) is 5.61. The summed E-state index contributed by atoms with van der Waals surface area (Å²) in [6.07, 6.45) is 0. The first-order chi connectivity index (χ1) is 9.11. The minimum Gasteiger partial charge on any atom is -0.465 e. The van der Waals surface area contributed by atoms with Gasteiger partial charge in [-0.15, -0.1) is 0 Å². The van der Waals surface area contributed by atoms with Crippen LogP contribution in [0.3, 0.4) is 0 Å². The van der Waals surface area contributed by atoms with Gasteiger partial charge < -0.3 is 15.8 Å². The molecule has 5 heteroatoms. The second-order valence-corrected chi connectivity index (χ2v) is 5.14. The molecule has 0 saturated heterocycles. The van der Waals surface area contributed by atoms with E-state index in [-0.39, 0.29) is 0 Å². The van der Waals surface area contributed by atoms with Crippen molar-refractivity contribution in [2.24, 2.45) is 0 Å². The molecule has 2 aromatic rings. The molecule has 2 rings (SSSR count). The van der Waals surface area contributed by atoms with Crippen LogP contribution in [-0.4, -0.2) is 13.1 Å². The molecule has 98 valence electrons. The molecule has 3 N–H and O–H groups in total. The quantitative estimate of drug-likeness (QED) is 0.495. The fourth-order valence-corrected chi connectivity index (χ4v) is 2.23. The summed E-state index contributed by atoms with van der Waals surface area (Å²) < 4.78 is 5.81. The number of hydrogen-bond acceptors (Lipinski definition) is 4. The van der Waals surface area contributed by atoms with E-state index in [0.29, 0.717) is 16.9 Å². The predicted octanol–water partition coefficient (Wildman–Crippen LogP) is 3.40. The van der Waals surface area contributed by atoms with E-state index in [9.17, 15) is 4.79 Å². The maximum Gasteiger partial charge on any atom is 0.340 e. The van der Waals surface area contributed by atoms with Crippen LogP contribution in [0.25, 0.3) is 0 Å². The summed E-state index contributed by atoms with van der Waals surface area (Å²) in [7, 11) is 1.33. The van der Waals surface area contributed by atoms with Crippen LogP contribution in [0.15, 0.2) is 42.5 Å². The first-order valence-corrected chi connectivity index (χ1v) is 6.69. The Labute approximate surface area is 125 Å². The molecule has 0 bridgehead atoms. The number of carbonyl (C=O) groups is 1. The number of carbonyl (C=O) groups excluding carboxylic acids is 1. The number of halogens is 1. The van der Waals surface area contributed by atoms with Gasteiger partial charge in [0.25, 0.3) is 0 Å². The van der Waals surface area contributed by atoms with E-state index in [1.54, 1.807) is 12.1 Å². The van der Waals surface area contributed by atoms with E-state index < -0.39 is 5.97 Å². The highest BCUT2D eigenvalue weighted by atomic mass is 127. The SMILES string of the molecule is COC(=O)c1cccc(Nc2cccc(I)c2)c1N. The Morgan fingerprint density at radius 3 is 2.68 bits per heavy atom. The van der Waals surface area contributed by atoms with Crippen molar-refractivity contribution in [2.75, 3.05) is 18.2 Å². The fraction of sp³-hybridized carbons (Fsp3) is 0.0714. The van der Waals surface area contributed by atoms with E-state index in [1.807, 2.05) is 30.3 Å². The maximum absolute atomic E-state index is 11.6. The lowest BCUT2D eigenvalue weighted by Crippen LogP contribution is -2.07. The standard InChI is InChI=1S/C14H13IN2O2/c1-19-14(18)11-6-3-7-12(13(11)16)17-10-5-2-4-9(15)8-10/h2-8,17H,16H2,1H3. The number of nitrogen functional groups attached to an aromatic ring is 1. The van der Waals surface area contributed by atoms with Crippen LogP contribution in [-0.2, 0) is 4.74 Å². The highest BCUT2D eigenvalue weighted by Gasteiger charge is 2.12. The van der Waals surface area contributed by atoms with Crippen molar-refractivity contribution in [3.8, 4) is 0 Å². The van der Waals surface area contributed by atoms with E-state index >= 15 is 0 Å². The lowest BCUT2D eigenvalue weighted by Gasteiger charge is -2.12. The van der Waals surface area contributed by atoms with Crippen molar-refractivity contribution in [2.45, 2.75) is 0 Å². The fourth-order valence-electron chi connectivity index (χ4n) is 1.68. The molecule has 0 spiro atoms. The van der Waals surface area contributed by atoms with Gasteiger partial charge in [0.1, 0.15) is 0 Å². The number of nitrogens with one attached hydrogen (secondary N) is 1. The zero-order chi connectivity index (χ0) is 13.8. The normalized spacial score (nSPS) is 10.0. The van der Waals surface area contributed by atoms with E-state index in [4.69, 9.17) is 10.5 Å². The number of benzene rings is 2. The van der Waals surface area contributed by atoms with Crippen molar-refractivity contribution in [3.63, 3.8) is 0 Å². The molecule has 0 aliphatic rings. The number of nitrogens with two attached hydrogens (primary N) is 1. The van der Waals surface area contributed by atoms with Gasteiger partial charge in [-0.3, -0.25) is 0 Å². The van der Waals surface area contributed by atoms with Crippen molar-refractivity contribution in [3.05, 3.63) is 51.6 Å². The Bertz CT molecular complexity index is 614. The Kier molecular flexibility index (Phi) is 4.26. The number of hydrogen-bond donors (Lipinski definition) is 2. The Hall–Kier alpha value is -1.76. The van der Waals surface area contributed by atoms with Crippen molar-refractivity contribution in [1.29, 1.82) is 0 Å². The summed E-state index contributed by atoms with van der Waals surface area (Å²) in [6.45, 7) is 0. The van der Waals surface area contributed by atoms with Gasteiger partial charge in [0.15, 0.2) is 0 Å². The monoisotopic (exact) mass is 368 g/mol. The van der Waals surface area contributed by atoms with E-state index in [2.05, 4.69) is 27.9 Å². The zero-order valence-electron chi connectivity index (χ0n) is 10.3. The summed E-state index contributed by atoms with van der Waals surface area (Å²) in [5.74, 6) is -0.441. The van der Waals surface area contributed by atoms with Crippen LogP contribution in [0, 0.1) is 3.57 Å². The molecule has 0 amide bonds. The van der Waals surface area contributed by atoms with Gasteiger partial charge in [0.05, 0.1) is 24.0 Å². The van der Waals surface area contributed by atoms with Crippen LogP contribution in [0.1, 0.15) is 10.4 Å². The lowest BCUT2D eigenvalue weighted by atomic mass is 10.1. The molecule has 0 radical (unpaired) electrons. The van der Waals surface area contributed by atoms with Crippen LogP contribution in [0.5, 0.6) is 0 Å². The van der Waals surface area contributed by atoms with Crippen molar-refractivity contribution in [1.82, 2.24) is 0 Å². The van der Waals surface area contributed by atoms with Gasteiger partial charge in [-0.05, 0) is 52.9 Å². The first kappa shape index (κ1) is 13.7. The molecule has 0 saturated carbocycles. The average molecular weight is 368 g/mol. The third-order valence-electron chi connectivity index (χ3n) is 2.62. The van der Waals surface area contributed by atoms with Crippen LogP contribution in [0.2, 0.25) is 0 Å². The third-order valence-corrected chi connectivity index (χ3v) is 3.29. The second kappa shape index (κ2) is 5.92. The van der Waals surface area contributed by atoms with Gasteiger partial charge in [-0.1, -0.05) is 12.1 Å². The Balaban J connectivity index is 2.33. The van der Waals surface area contributed by atoms with Gasteiger partial charge in [-0.25, -0.2) is 4.79 Å². The summed E-state index contributed by atoms with van der Waals surface area (Å²) in [5.41, 5.74) is 8.32. The largest absolute Gasteiger partial charge is 0.465 e. The number of anilines is 3. The summed E-state index contributed by atoms with van der Waals surface area (Å²) >= 11 is 2.23. The van der Waals surface area contributed by atoms with Crippen LogP contribution < -0.4 is 11.1 Å². The molecular formula is C14H13IN2O2. The van der Waals surface area contributed by atoms with Crippen LogP contribution in [0.4, 0.5) is 17.1 Å². The number of esters is 1. The van der Waals surface area contributed by atoms with Gasteiger partial charge >= 0.3 is 5.97 Å². The van der Waals surface area contributed by atoms with Crippen molar-refractivity contribution >= 4 is 45.6 Å². The highest BCUT2D eigenvalue weighted by Crippen LogP contribution is 2.27. The number of para-hydroxylation sites is 1. The van der Waals surface area contributed by atoms with E-state index in [0.717, 1.165) is 9.26 Å². The molecule has 0 aliphatic carbocycles. The maximum atomic E-state index is 11.6. The zero-order valence-corrected chi connectivity index (χ0v) is 12.5. The summed E-state index contributed by atoms with van der Waals surface area (Å²) in [5, 5.41) is 3.19. The lowest BCUT2D eigenvalue weighted by molar-refractivity contribution is 0.0602. The molecular weight excluding hydrogens is 355 g/mol. The smallest absolute Gasteiger partial charge is 0.340 e. The molecule has 0 aliphatic heterocycles. The minimum atomic E-state index is -0.441. The molecule has 0 atom stereocenters. The second-order valence-electron chi connectivity index (χ2n) is 3.89. The third kappa shape index (κ3) is 3.17. The Morgan fingerprint density at radius 1 is 1.26 bits per heavy atom. The van der Waals surface area contributed by atoms with Crippen molar-refractivity contribution < 1.29 is 9.53 Å². The van der Waals surface area contributed by atoms with E-state index in [1.165, 1.54) is 7.11 Å². The predicted molar refractivity (Wildman–Crippen MR) is 84.6 cm³/mol. The molecule has 0 fully saturated rings. The molecule has 0 unspecified atom stereocenters. The number of methoxy groups -OCH3 is 1. The van der Waals surface area contributed by atoms with Crippen LogP contribution >= 0.6 is 22.6 Å². The molecule has 0 aromatic heterocycles. The summed E-state index contributed by atoms with van der Waals surface area (Å²) in [4.78, 5) is 11.6.